The number of aromatic nitrogens is 4. The van der Waals surface area contributed by atoms with E-state index in [0.29, 0.717) is 43.0 Å². The highest BCUT2D eigenvalue weighted by atomic mass is 16.5. The topological polar surface area (TPSA) is 117 Å². The van der Waals surface area contributed by atoms with Gasteiger partial charge < -0.3 is 19.6 Å². The summed E-state index contributed by atoms with van der Waals surface area (Å²) in [5.74, 6) is 3.78. The second-order valence-corrected chi connectivity index (χ2v) is 6.33. The molecule has 0 saturated carbocycles. The van der Waals surface area contributed by atoms with Gasteiger partial charge in [0, 0.05) is 25.6 Å². The maximum Gasteiger partial charge on any atom is 0.216 e. The molecule has 0 aromatic carbocycles. The molecule has 0 atom stereocenters. The van der Waals surface area contributed by atoms with E-state index in [-0.39, 0.29) is 0 Å². The number of H-pyrrole nitrogens is 1. The number of nitrogens with zero attached hydrogens (tertiary/aromatic N) is 4. The molecule has 3 N–H and O–H groups in total. The quantitative estimate of drug-likeness (QED) is 0.411. The number of aliphatic imine (C=N–C) groups is 1. The van der Waals surface area contributed by atoms with Crippen molar-refractivity contribution in [1.29, 1.82) is 0 Å². The maximum atomic E-state index is 5.32. The van der Waals surface area contributed by atoms with Crippen molar-refractivity contribution in [2.45, 2.75) is 39.7 Å². The Morgan fingerprint density at radius 3 is 2.93 bits per heavy atom. The average molecular weight is 371 g/mol. The Hall–Kier alpha value is -3.10. The van der Waals surface area contributed by atoms with Gasteiger partial charge in [0.05, 0.1) is 12.0 Å². The number of nitrogens with one attached hydrogen (secondary N) is 3. The summed E-state index contributed by atoms with van der Waals surface area (Å²) in [5.41, 5.74) is 0.941. The van der Waals surface area contributed by atoms with Crippen LogP contribution in [-0.2, 0) is 13.0 Å². The first kappa shape index (κ1) is 18.7. The van der Waals surface area contributed by atoms with Crippen LogP contribution in [0.5, 0.6) is 0 Å². The van der Waals surface area contributed by atoms with E-state index < -0.39 is 0 Å². The van der Waals surface area contributed by atoms with E-state index in [4.69, 9.17) is 8.94 Å². The molecule has 3 heterocycles. The van der Waals surface area contributed by atoms with E-state index in [9.17, 15) is 0 Å². The number of guanidine groups is 1. The Bertz CT molecular complexity index is 849. The zero-order valence-electron chi connectivity index (χ0n) is 15.8. The first-order chi connectivity index (χ1) is 13.2. The molecule has 0 radical (unpaired) electrons. The van der Waals surface area contributed by atoms with Crippen molar-refractivity contribution in [3.63, 3.8) is 0 Å². The number of hydrogen-bond acceptors (Lipinski definition) is 6. The molecule has 0 amide bonds. The molecule has 0 aliphatic rings. The molecular weight excluding hydrogens is 346 g/mol. The van der Waals surface area contributed by atoms with E-state index in [0.717, 1.165) is 23.8 Å². The summed E-state index contributed by atoms with van der Waals surface area (Å²) in [6.07, 6.45) is 2.28. The van der Waals surface area contributed by atoms with Crippen molar-refractivity contribution in [3.8, 4) is 11.6 Å². The minimum Gasteiger partial charge on any atom is -0.461 e. The van der Waals surface area contributed by atoms with Gasteiger partial charge in [-0.1, -0.05) is 19.0 Å². The summed E-state index contributed by atoms with van der Waals surface area (Å²) in [4.78, 5) is 8.96. The van der Waals surface area contributed by atoms with Crippen LogP contribution in [0.4, 0.5) is 0 Å². The van der Waals surface area contributed by atoms with Crippen molar-refractivity contribution in [3.05, 3.63) is 41.7 Å². The highest BCUT2D eigenvalue weighted by Crippen LogP contribution is 2.15. The van der Waals surface area contributed by atoms with Crippen LogP contribution >= 0.6 is 0 Å². The fraction of sp³-hybridized carbons (Fsp3) is 0.444. The Kier molecular flexibility index (Phi) is 6.24. The average Bonchev–Trinajstić information content (AvgIpc) is 3.39. The number of rotatable bonds is 8. The lowest BCUT2D eigenvalue weighted by Crippen LogP contribution is -2.38. The monoisotopic (exact) mass is 371 g/mol. The molecule has 27 heavy (non-hydrogen) atoms. The fourth-order valence-electron chi connectivity index (χ4n) is 2.40. The summed E-state index contributed by atoms with van der Waals surface area (Å²) >= 11 is 0. The van der Waals surface area contributed by atoms with Crippen molar-refractivity contribution in [2.75, 3.05) is 13.1 Å². The van der Waals surface area contributed by atoms with Gasteiger partial charge in [0.1, 0.15) is 12.4 Å². The van der Waals surface area contributed by atoms with Gasteiger partial charge >= 0.3 is 0 Å². The highest BCUT2D eigenvalue weighted by molar-refractivity contribution is 5.79. The summed E-state index contributed by atoms with van der Waals surface area (Å²) in [6.45, 7) is 8.04. The summed E-state index contributed by atoms with van der Waals surface area (Å²) < 4.78 is 10.6. The zero-order chi connectivity index (χ0) is 19.1. The smallest absolute Gasteiger partial charge is 0.216 e. The van der Waals surface area contributed by atoms with Gasteiger partial charge in [-0.05, 0) is 25.0 Å². The summed E-state index contributed by atoms with van der Waals surface area (Å²) in [5, 5.41) is 17.6. The van der Waals surface area contributed by atoms with Gasteiger partial charge in [-0.2, -0.15) is 5.10 Å². The lowest BCUT2D eigenvalue weighted by atomic mass is 10.1. The van der Waals surface area contributed by atoms with E-state index in [2.05, 4.69) is 49.8 Å². The van der Waals surface area contributed by atoms with Crippen LogP contribution in [0.1, 0.15) is 44.0 Å². The molecule has 0 fully saturated rings. The van der Waals surface area contributed by atoms with Crippen LogP contribution in [0.15, 0.2) is 38.4 Å². The normalized spacial score (nSPS) is 11.9. The SMILES string of the molecule is CCNC(=NCc1cc(C(C)C)no1)NCCc1nc(-c2ccco2)n[nH]1. The minimum atomic E-state index is 0.339. The third-order valence-corrected chi connectivity index (χ3v) is 3.83. The van der Waals surface area contributed by atoms with Crippen LogP contribution in [-0.4, -0.2) is 39.4 Å². The van der Waals surface area contributed by atoms with Crippen molar-refractivity contribution >= 4 is 5.96 Å². The molecule has 0 bridgehead atoms. The Morgan fingerprint density at radius 1 is 1.33 bits per heavy atom. The standard InChI is InChI=1S/C18H25N7O2/c1-4-19-18(21-11-13-10-14(12(2)3)25-27-13)20-8-7-16-22-17(24-23-16)15-6-5-9-26-15/h5-6,9-10,12H,4,7-8,11H2,1-3H3,(H2,19,20,21)(H,22,23,24). The zero-order valence-corrected chi connectivity index (χ0v) is 15.8. The minimum absolute atomic E-state index is 0.339. The Labute approximate surface area is 157 Å². The van der Waals surface area contributed by atoms with Crippen LogP contribution in [0.3, 0.4) is 0 Å². The number of furan rings is 1. The maximum absolute atomic E-state index is 5.32. The molecule has 3 aromatic heterocycles. The van der Waals surface area contributed by atoms with Crippen molar-refractivity contribution < 1.29 is 8.94 Å². The van der Waals surface area contributed by atoms with Crippen LogP contribution < -0.4 is 10.6 Å². The molecule has 9 heteroatoms. The predicted octanol–water partition coefficient (Wildman–Crippen LogP) is 2.47. The number of hydrogen-bond donors (Lipinski definition) is 3. The summed E-state index contributed by atoms with van der Waals surface area (Å²) in [7, 11) is 0. The third kappa shape index (κ3) is 5.19. The highest BCUT2D eigenvalue weighted by Gasteiger charge is 2.09. The van der Waals surface area contributed by atoms with E-state index >= 15 is 0 Å². The first-order valence-corrected chi connectivity index (χ1v) is 9.08. The Morgan fingerprint density at radius 2 is 2.22 bits per heavy atom. The lowest BCUT2D eigenvalue weighted by Gasteiger charge is -2.09. The molecular formula is C18H25N7O2. The second-order valence-electron chi connectivity index (χ2n) is 6.33. The summed E-state index contributed by atoms with van der Waals surface area (Å²) in [6, 6.07) is 5.59. The van der Waals surface area contributed by atoms with E-state index in [1.54, 1.807) is 6.26 Å². The molecule has 0 unspecified atom stereocenters. The fourth-order valence-corrected chi connectivity index (χ4v) is 2.40. The Balaban J connectivity index is 1.51. The first-order valence-electron chi connectivity index (χ1n) is 9.08. The number of aromatic amines is 1. The second kappa shape index (κ2) is 9.02. The molecule has 0 saturated heterocycles. The van der Waals surface area contributed by atoms with Crippen molar-refractivity contribution in [1.82, 2.24) is 31.0 Å². The van der Waals surface area contributed by atoms with Gasteiger partial charge in [-0.25, -0.2) is 9.98 Å². The molecule has 3 aromatic rings. The van der Waals surface area contributed by atoms with Gasteiger partial charge in [0.15, 0.2) is 17.5 Å². The van der Waals surface area contributed by atoms with Crippen LogP contribution in [0, 0.1) is 0 Å². The van der Waals surface area contributed by atoms with E-state index in [1.807, 2.05) is 25.1 Å². The molecule has 9 nitrogen and oxygen atoms in total. The van der Waals surface area contributed by atoms with Gasteiger partial charge in [0.25, 0.3) is 0 Å². The van der Waals surface area contributed by atoms with Crippen molar-refractivity contribution in [2.24, 2.45) is 4.99 Å². The largest absolute Gasteiger partial charge is 0.461 e. The van der Waals surface area contributed by atoms with Gasteiger partial charge in [-0.3, -0.25) is 5.10 Å². The van der Waals surface area contributed by atoms with Gasteiger partial charge in [0.2, 0.25) is 5.82 Å². The molecule has 0 aliphatic carbocycles. The van der Waals surface area contributed by atoms with Gasteiger partial charge in [-0.15, -0.1) is 0 Å². The molecule has 0 spiro atoms. The predicted molar refractivity (Wildman–Crippen MR) is 101 cm³/mol. The lowest BCUT2D eigenvalue weighted by molar-refractivity contribution is 0.376. The molecule has 3 rings (SSSR count). The van der Waals surface area contributed by atoms with E-state index in [1.165, 1.54) is 0 Å². The van der Waals surface area contributed by atoms with Crippen LogP contribution in [0.25, 0.3) is 11.6 Å². The third-order valence-electron chi connectivity index (χ3n) is 3.83. The molecule has 144 valence electrons. The molecule has 0 aliphatic heterocycles. The van der Waals surface area contributed by atoms with Crippen LogP contribution in [0.2, 0.25) is 0 Å².